The highest BCUT2D eigenvalue weighted by molar-refractivity contribution is 6.15. The monoisotopic (exact) mass is 1240 g/mol. The third-order valence-corrected chi connectivity index (χ3v) is 17.8. The van der Waals surface area contributed by atoms with Gasteiger partial charge in [0.1, 0.15) is 11.2 Å². The van der Waals surface area contributed by atoms with Crippen molar-refractivity contribution >= 4 is 71.1 Å². The number of pyridine rings is 2. The molecule has 5 heterocycles. The summed E-state index contributed by atoms with van der Waals surface area (Å²) in [6.45, 7) is 14.1. The molecule has 0 amide bonds. The number of allylic oxidation sites excluding steroid dienone is 7. The maximum absolute atomic E-state index is 6.77. The van der Waals surface area contributed by atoms with Crippen LogP contribution in [0, 0.1) is 0 Å². The van der Waals surface area contributed by atoms with Gasteiger partial charge in [0, 0.05) is 67.2 Å². The molecule has 0 saturated heterocycles. The molecule has 0 aliphatic rings. The van der Waals surface area contributed by atoms with Gasteiger partial charge < -0.3 is 13.6 Å². The van der Waals surface area contributed by atoms with Crippen molar-refractivity contribution in [3.05, 3.63) is 334 Å². The van der Waals surface area contributed by atoms with Gasteiger partial charge in [0.05, 0.1) is 33.5 Å². The maximum atomic E-state index is 6.77. The average Bonchev–Trinajstić information content (AvgIpc) is 1.58. The zero-order valence-electron chi connectivity index (χ0n) is 53.5. The molecule has 0 radical (unpaired) electrons. The zero-order valence-corrected chi connectivity index (χ0v) is 53.5. The maximum Gasteiger partial charge on any atom is 0.135 e. The molecule has 16 aromatic rings. The first kappa shape index (κ1) is 64.2. The van der Waals surface area contributed by atoms with Gasteiger partial charge in [0.15, 0.2) is 0 Å². The Morgan fingerprint density at radius 3 is 1.12 bits per heavy atom. The molecule has 0 unspecified atom stereocenters. The van der Waals surface area contributed by atoms with Gasteiger partial charge >= 0.3 is 0 Å². The molecule has 0 N–H and O–H groups in total. The van der Waals surface area contributed by atoms with Crippen LogP contribution in [0.1, 0.15) is 55.0 Å². The fourth-order valence-corrected chi connectivity index (χ4v) is 13.3. The highest BCUT2D eigenvalue weighted by Gasteiger charge is 2.22. The Morgan fingerprint density at radius 1 is 0.354 bits per heavy atom. The van der Waals surface area contributed by atoms with E-state index in [1.54, 1.807) is 0 Å². The summed E-state index contributed by atoms with van der Waals surface area (Å²) in [7, 11) is 0. The Morgan fingerprint density at radius 2 is 0.719 bits per heavy atom. The van der Waals surface area contributed by atoms with Gasteiger partial charge in [0.2, 0.25) is 0 Å². The molecule has 5 aromatic heterocycles. The number of aromatic nitrogens is 4. The summed E-state index contributed by atoms with van der Waals surface area (Å²) >= 11 is 0. The second kappa shape index (κ2) is 28.5. The van der Waals surface area contributed by atoms with Crippen molar-refractivity contribution in [1.82, 2.24) is 19.1 Å². The van der Waals surface area contributed by atoms with Gasteiger partial charge in [-0.25, -0.2) is 0 Å². The van der Waals surface area contributed by atoms with Crippen molar-refractivity contribution in [2.45, 2.75) is 49.5 Å². The van der Waals surface area contributed by atoms with Gasteiger partial charge in [-0.1, -0.05) is 236 Å². The van der Waals surface area contributed by atoms with E-state index in [2.05, 4.69) is 296 Å². The highest BCUT2D eigenvalue weighted by Crippen LogP contribution is 2.45. The molecular weight excluding hydrogens is 1170 g/mol. The van der Waals surface area contributed by atoms with Crippen LogP contribution in [0.25, 0.3) is 161 Å². The first-order chi connectivity index (χ1) is 46.4. The Kier molecular flexibility index (Phi) is 19.1. The summed E-state index contributed by atoms with van der Waals surface area (Å²) in [4.78, 5) is 9.58. The minimum atomic E-state index is 0. The lowest BCUT2D eigenvalue weighted by atomic mass is 9.93. The van der Waals surface area contributed by atoms with E-state index in [4.69, 9.17) is 14.4 Å². The third-order valence-electron chi connectivity index (χ3n) is 17.8. The van der Waals surface area contributed by atoms with Gasteiger partial charge in [0.25, 0.3) is 0 Å². The fourth-order valence-electron chi connectivity index (χ4n) is 13.3. The SMILES string of the molecule is C.C.C=C/C=C\C=C(/C)c1ccccc1-c1ccc2c(c1)c1cc(-c3ccccc3-c3ccccn3)ccc1n2-c1ccc2oc3ccc(-n4c5ccc(-c6ccccc6-c6ccccc6)cc5c5cc(-c6ccccc6-c6ccccn6)ccc54)cc3c2c1.CC.CC=CC. The van der Waals surface area contributed by atoms with E-state index in [0.29, 0.717) is 0 Å². The molecule has 0 spiro atoms. The molecule has 0 fully saturated rings. The smallest absolute Gasteiger partial charge is 0.135 e. The molecule has 0 aliphatic carbocycles. The van der Waals surface area contributed by atoms with Crippen molar-refractivity contribution in [3.63, 3.8) is 0 Å². The van der Waals surface area contributed by atoms with E-state index in [1.165, 1.54) is 38.8 Å². The number of hydrogen-bond donors (Lipinski definition) is 0. The predicted octanol–water partition coefficient (Wildman–Crippen LogP) is 26.3. The summed E-state index contributed by atoms with van der Waals surface area (Å²) < 4.78 is 11.6. The summed E-state index contributed by atoms with van der Waals surface area (Å²) in [6, 6.07) is 98.6. The summed E-state index contributed by atoms with van der Waals surface area (Å²) in [6.07, 6.45) is 15.7. The quantitative estimate of drug-likeness (QED) is 0.0905. The zero-order chi connectivity index (χ0) is 64.1. The van der Waals surface area contributed by atoms with Gasteiger partial charge in [-0.05, 0) is 197 Å². The van der Waals surface area contributed by atoms with E-state index in [-0.39, 0.29) is 14.9 Å². The van der Waals surface area contributed by atoms with Crippen LogP contribution in [0.3, 0.4) is 0 Å². The second-order valence-corrected chi connectivity index (χ2v) is 23.2. The molecule has 16 rings (SSSR count). The molecule has 5 heteroatoms. The molecule has 0 atom stereocenters. The summed E-state index contributed by atoms with van der Waals surface area (Å²) in [5.74, 6) is 0. The minimum absolute atomic E-state index is 0. The molecular formula is C91H78N4O. The van der Waals surface area contributed by atoms with Gasteiger partial charge in [-0.15, -0.1) is 0 Å². The highest BCUT2D eigenvalue weighted by atomic mass is 16.3. The largest absolute Gasteiger partial charge is 0.456 e. The molecule has 5 nitrogen and oxygen atoms in total. The van der Waals surface area contributed by atoms with Gasteiger partial charge in [-0.2, -0.15) is 0 Å². The second-order valence-electron chi connectivity index (χ2n) is 23.2. The lowest BCUT2D eigenvalue weighted by Gasteiger charge is -2.12. The molecule has 96 heavy (non-hydrogen) atoms. The Hall–Kier alpha value is -11.9. The van der Waals surface area contributed by atoms with E-state index in [1.807, 2.05) is 76.5 Å². The topological polar surface area (TPSA) is 48.8 Å². The van der Waals surface area contributed by atoms with Crippen LogP contribution >= 0.6 is 0 Å². The molecule has 11 aromatic carbocycles. The van der Waals surface area contributed by atoms with E-state index < -0.39 is 0 Å². The Bertz CT molecular complexity index is 5420. The average molecular weight is 1240 g/mol. The van der Waals surface area contributed by atoms with E-state index in [0.717, 1.165) is 127 Å². The lowest BCUT2D eigenvalue weighted by molar-refractivity contribution is 0.669. The number of fused-ring (bicyclic) bond motifs is 9. The summed E-state index contributed by atoms with van der Waals surface area (Å²) in [5, 5.41) is 6.73. The number of rotatable bonds is 12. The van der Waals surface area contributed by atoms with Crippen LogP contribution in [0.4, 0.5) is 0 Å². The lowest BCUT2D eigenvalue weighted by Crippen LogP contribution is -1.95. The minimum Gasteiger partial charge on any atom is -0.456 e. The number of furan rings is 1. The van der Waals surface area contributed by atoms with Crippen LogP contribution in [-0.4, -0.2) is 19.1 Å². The van der Waals surface area contributed by atoms with Crippen molar-refractivity contribution in [3.8, 4) is 89.5 Å². The number of benzene rings is 11. The number of nitrogens with zero attached hydrogens (tertiary/aromatic N) is 4. The van der Waals surface area contributed by atoms with Crippen LogP contribution in [0.5, 0.6) is 0 Å². The Labute approximate surface area is 564 Å². The normalized spacial score (nSPS) is 11.4. The Balaban J connectivity index is 0.00000106. The van der Waals surface area contributed by atoms with Crippen LogP contribution < -0.4 is 0 Å². The third kappa shape index (κ3) is 12.0. The summed E-state index contributed by atoms with van der Waals surface area (Å²) in [5.41, 5.74) is 26.2. The molecule has 468 valence electrons. The standard InChI is InChI=1S/C83H56N4O.C4H8.C2H6.2CH4/c1-3-4-6-21-54(2)62-24-9-10-26-64(62)56-34-40-78-70(48-56)72-50-58(66-28-13-15-30-68(66)76-32-17-19-46-84-76)36-42-80(72)86(78)60-38-44-82-74(52-60)75-53-61(39-45-83(75)88-82)87-79-41-35-57(65-27-12-11-25-63(65)55-22-7-5-8-23-55)49-71(79)73-51-59(37-43-81(73)87)67-29-14-16-31-69(67)77-33-18-20-47-85-77;1-3-4-2;1-2;;/h3-53H,1H2,2H3;3-4H,1-2H3;1-2H3;2*1H4/b6-4-,54-21+;;;;. The molecule has 0 bridgehead atoms. The predicted molar refractivity (Wildman–Crippen MR) is 414 cm³/mol. The first-order valence-corrected chi connectivity index (χ1v) is 32.4. The first-order valence-electron chi connectivity index (χ1n) is 32.4. The van der Waals surface area contributed by atoms with Crippen LogP contribution in [-0.2, 0) is 0 Å². The molecule has 0 aliphatic heterocycles. The van der Waals surface area contributed by atoms with Crippen LogP contribution in [0.15, 0.2) is 333 Å². The van der Waals surface area contributed by atoms with Crippen molar-refractivity contribution < 1.29 is 4.42 Å². The van der Waals surface area contributed by atoms with Crippen molar-refractivity contribution in [1.29, 1.82) is 0 Å². The van der Waals surface area contributed by atoms with Gasteiger partial charge in [-0.3, -0.25) is 9.97 Å². The van der Waals surface area contributed by atoms with E-state index in [9.17, 15) is 0 Å². The number of hydrogen-bond acceptors (Lipinski definition) is 3. The van der Waals surface area contributed by atoms with Crippen LogP contribution in [0.2, 0.25) is 0 Å². The van der Waals surface area contributed by atoms with Crippen molar-refractivity contribution in [2.75, 3.05) is 0 Å². The fraction of sp³-hybridized carbons (Fsp3) is 0.0769. The van der Waals surface area contributed by atoms with E-state index >= 15 is 0 Å². The van der Waals surface area contributed by atoms with Crippen molar-refractivity contribution in [2.24, 2.45) is 0 Å². The molecule has 0 saturated carbocycles.